The summed E-state index contributed by atoms with van der Waals surface area (Å²) in [5.41, 5.74) is 0. The number of thiophene rings is 1. The smallest absolute Gasteiger partial charge is 0.102 e. The molecule has 82 valence electrons. The van der Waals surface area contributed by atoms with Crippen LogP contribution in [0.3, 0.4) is 0 Å². The fourth-order valence-corrected chi connectivity index (χ4v) is 2.44. The molecule has 0 atom stereocenters. The summed E-state index contributed by atoms with van der Waals surface area (Å²) < 4.78 is 13.1. The van der Waals surface area contributed by atoms with E-state index in [1.807, 2.05) is 12.1 Å². The van der Waals surface area contributed by atoms with Gasteiger partial charge in [-0.2, -0.15) is 0 Å². The Morgan fingerprint density at radius 3 is 2.80 bits per heavy atom. The van der Waals surface area contributed by atoms with Gasteiger partial charge >= 0.3 is 0 Å². The summed E-state index contributed by atoms with van der Waals surface area (Å²) >= 11 is 1.76. The minimum absolute atomic E-state index is 0. The summed E-state index contributed by atoms with van der Waals surface area (Å²) in [7, 11) is 0. The number of hydrogen-bond donors (Lipinski definition) is 1. The van der Waals surface area contributed by atoms with E-state index in [4.69, 9.17) is 0 Å². The normalized spacial score (nSPS) is 10.2. The van der Waals surface area contributed by atoms with Crippen molar-refractivity contribution >= 4 is 33.8 Å². The Morgan fingerprint density at radius 1 is 1.27 bits per heavy atom. The van der Waals surface area contributed by atoms with Crippen LogP contribution in [0, 0.1) is 0 Å². The summed E-state index contributed by atoms with van der Waals surface area (Å²) in [5, 5.41) is 4.32. The minimum atomic E-state index is -0.301. The van der Waals surface area contributed by atoms with Crippen molar-refractivity contribution in [3.63, 3.8) is 0 Å². The highest BCUT2D eigenvalue weighted by molar-refractivity contribution is 7.19. The second kappa shape index (κ2) is 6.05. The summed E-state index contributed by atoms with van der Waals surface area (Å²) in [4.78, 5) is 1.26. The summed E-state index contributed by atoms with van der Waals surface area (Å²) in [6, 6.07) is 10.4. The second-order valence-corrected chi connectivity index (χ2v) is 4.28. The van der Waals surface area contributed by atoms with E-state index in [0.29, 0.717) is 6.54 Å². The van der Waals surface area contributed by atoms with Crippen molar-refractivity contribution in [2.75, 3.05) is 13.2 Å². The first-order valence-electron chi connectivity index (χ1n) is 4.64. The fraction of sp³-hybridized carbons (Fsp3) is 0.273. The maximum Gasteiger partial charge on any atom is 0.102 e. The maximum atomic E-state index is 11.8. The zero-order valence-corrected chi connectivity index (χ0v) is 9.84. The molecule has 15 heavy (non-hydrogen) atoms. The monoisotopic (exact) mass is 245 g/mol. The number of halogens is 2. The number of nitrogens with one attached hydrogen (secondary N) is 1. The van der Waals surface area contributed by atoms with Gasteiger partial charge in [0.15, 0.2) is 0 Å². The molecule has 0 spiro atoms. The van der Waals surface area contributed by atoms with E-state index in [1.165, 1.54) is 15.0 Å². The molecule has 0 saturated heterocycles. The van der Waals surface area contributed by atoms with E-state index >= 15 is 0 Å². The van der Waals surface area contributed by atoms with E-state index in [1.54, 1.807) is 11.3 Å². The van der Waals surface area contributed by atoms with Gasteiger partial charge in [0, 0.05) is 22.7 Å². The van der Waals surface area contributed by atoms with Crippen LogP contribution in [0.2, 0.25) is 0 Å². The predicted octanol–water partition coefficient (Wildman–Crippen LogP) is 3.38. The number of hydrogen-bond acceptors (Lipinski definition) is 2. The summed E-state index contributed by atoms with van der Waals surface area (Å²) in [6.45, 7) is 0.905. The van der Waals surface area contributed by atoms with Crippen LogP contribution in [0.4, 0.5) is 4.39 Å². The molecular formula is C11H13ClFNS. The van der Waals surface area contributed by atoms with Crippen LogP contribution < -0.4 is 5.32 Å². The topological polar surface area (TPSA) is 12.0 Å². The van der Waals surface area contributed by atoms with Gasteiger partial charge in [-0.25, -0.2) is 4.39 Å². The standard InChI is InChI=1S/C11H12FNS.ClH/c12-5-6-13-8-10-7-9-3-1-2-4-11(9)14-10;/h1-4,7,13H,5-6,8H2;1H. The van der Waals surface area contributed by atoms with Gasteiger partial charge in [-0.15, -0.1) is 23.7 Å². The number of fused-ring (bicyclic) bond motifs is 1. The summed E-state index contributed by atoms with van der Waals surface area (Å²) in [5.74, 6) is 0. The van der Waals surface area contributed by atoms with Crippen LogP contribution >= 0.6 is 23.7 Å². The van der Waals surface area contributed by atoms with E-state index in [0.717, 1.165) is 6.54 Å². The van der Waals surface area contributed by atoms with Crippen LogP contribution in [-0.4, -0.2) is 13.2 Å². The molecule has 1 N–H and O–H groups in total. The van der Waals surface area contributed by atoms with Crippen molar-refractivity contribution in [2.45, 2.75) is 6.54 Å². The molecule has 2 rings (SSSR count). The molecule has 0 amide bonds. The lowest BCUT2D eigenvalue weighted by molar-refractivity contribution is 0.467. The predicted molar refractivity (Wildman–Crippen MR) is 66.8 cm³/mol. The van der Waals surface area contributed by atoms with Crippen molar-refractivity contribution in [3.8, 4) is 0 Å². The Labute approximate surface area is 98.7 Å². The van der Waals surface area contributed by atoms with Crippen LogP contribution in [0.1, 0.15) is 4.88 Å². The van der Waals surface area contributed by atoms with Gasteiger partial charge in [-0.3, -0.25) is 0 Å². The molecule has 4 heteroatoms. The first kappa shape index (κ1) is 12.4. The Kier molecular flexibility index (Phi) is 5.02. The average molecular weight is 246 g/mol. The molecular weight excluding hydrogens is 233 g/mol. The van der Waals surface area contributed by atoms with Crippen molar-refractivity contribution in [2.24, 2.45) is 0 Å². The average Bonchev–Trinajstić information content (AvgIpc) is 2.60. The second-order valence-electron chi connectivity index (χ2n) is 3.12. The third kappa shape index (κ3) is 3.16. The first-order valence-corrected chi connectivity index (χ1v) is 5.46. The molecule has 0 radical (unpaired) electrons. The van der Waals surface area contributed by atoms with Crippen molar-refractivity contribution in [3.05, 3.63) is 35.2 Å². The highest BCUT2D eigenvalue weighted by atomic mass is 35.5. The van der Waals surface area contributed by atoms with E-state index < -0.39 is 0 Å². The molecule has 1 aromatic heterocycles. The van der Waals surface area contributed by atoms with Gasteiger partial charge in [-0.1, -0.05) is 18.2 Å². The molecule has 0 aliphatic heterocycles. The lowest BCUT2D eigenvalue weighted by Gasteiger charge is -1.96. The highest BCUT2D eigenvalue weighted by Crippen LogP contribution is 2.24. The van der Waals surface area contributed by atoms with Crippen LogP contribution in [0.15, 0.2) is 30.3 Å². The minimum Gasteiger partial charge on any atom is -0.309 e. The Bertz CT molecular complexity index is 383. The molecule has 0 fully saturated rings. The van der Waals surface area contributed by atoms with E-state index in [2.05, 4.69) is 23.5 Å². The molecule has 0 bridgehead atoms. The van der Waals surface area contributed by atoms with Crippen LogP contribution in [0.25, 0.3) is 10.1 Å². The molecule has 0 unspecified atom stereocenters. The van der Waals surface area contributed by atoms with E-state index in [-0.39, 0.29) is 19.1 Å². The summed E-state index contributed by atoms with van der Waals surface area (Å²) in [6.07, 6.45) is 0. The first-order chi connectivity index (χ1) is 6.90. The zero-order chi connectivity index (χ0) is 9.80. The van der Waals surface area contributed by atoms with Crippen LogP contribution in [-0.2, 0) is 6.54 Å². The third-order valence-corrected chi connectivity index (χ3v) is 3.16. The molecule has 0 saturated carbocycles. The van der Waals surface area contributed by atoms with Crippen LogP contribution in [0.5, 0.6) is 0 Å². The molecule has 2 aromatic rings. The number of rotatable bonds is 4. The lowest BCUT2D eigenvalue weighted by Crippen LogP contribution is -2.14. The molecule has 1 heterocycles. The number of alkyl halides is 1. The Balaban J connectivity index is 0.00000112. The van der Waals surface area contributed by atoms with Crippen molar-refractivity contribution in [1.82, 2.24) is 5.32 Å². The van der Waals surface area contributed by atoms with Crippen molar-refractivity contribution in [1.29, 1.82) is 0 Å². The molecule has 1 nitrogen and oxygen atoms in total. The van der Waals surface area contributed by atoms with Gasteiger partial charge in [0.05, 0.1) is 0 Å². The maximum absolute atomic E-state index is 11.8. The molecule has 1 aromatic carbocycles. The Hall–Kier alpha value is -0.640. The SMILES string of the molecule is Cl.FCCNCc1cc2ccccc2s1. The molecule has 0 aliphatic carbocycles. The fourth-order valence-electron chi connectivity index (χ4n) is 1.40. The van der Waals surface area contributed by atoms with Crippen molar-refractivity contribution < 1.29 is 4.39 Å². The van der Waals surface area contributed by atoms with Gasteiger partial charge in [0.2, 0.25) is 0 Å². The quantitative estimate of drug-likeness (QED) is 0.815. The third-order valence-electron chi connectivity index (χ3n) is 2.05. The van der Waals surface area contributed by atoms with Gasteiger partial charge in [0.1, 0.15) is 6.67 Å². The Morgan fingerprint density at radius 2 is 2.07 bits per heavy atom. The van der Waals surface area contributed by atoms with E-state index in [9.17, 15) is 4.39 Å². The largest absolute Gasteiger partial charge is 0.309 e. The highest BCUT2D eigenvalue weighted by Gasteiger charge is 1.99. The van der Waals surface area contributed by atoms with Gasteiger partial charge in [0.25, 0.3) is 0 Å². The van der Waals surface area contributed by atoms with Gasteiger partial charge in [-0.05, 0) is 17.5 Å². The zero-order valence-electron chi connectivity index (χ0n) is 8.20. The molecule has 0 aliphatic rings. The number of benzene rings is 1. The van der Waals surface area contributed by atoms with Gasteiger partial charge < -0.3 is 5.32 Å². The lowest BCUT2D eigenvalue weighted by atomic mass is 10.2.